The second-order valence-corrected chi connectivity index (χ2v) is 5.65. The molecule has 1 fully saturated rings. The van der Waals surface area contributed by atoms with E-state index < -0.39 is 0 Å². The molecule has 3 rings (SSSR count). The normalized spacial score (nSPS) is 18.7. The van der Waals surface area contributed by atoms with Gasteiger partial charge in [-0.05, 0) is 6.07 Å². The fraction of sp³-hybridized carbons (Fsp3) is 0.462. The molecular weight excluding hydrogens is 262 g/mol. The van der Waals surface area contributed by atoms with Crippen LogP contribution in [0.4, 0.5) is 0 Å². The van der Waals surface area contributed by atoms with E-state index >= 15 is 0 Å². The van der Waals surface area contributed by atoms with E-state index in [1.807, 2.05) is 30.0 Å². The fourth-order valence-corrected chi connectivity index (χ4v) is 3.08. The molecule has 0 saturated carbocycles. The van der Waals surface area contributed by atoms with E-state index in [1.165, 1.54) is 0 Å². The number of ether oxygens (including phenoxy) is 2. The van der Waals surface area contributed by atoms with Crippen molar-refractivity contribution >= 4 is 17.7 Å². The summed E-state index contributed by atoms with van der Waals surface area (Å²) >= 11 is 1.96. The summed E-state index contributed by atoms with van der Waals surface area (Å²) < 4.78 is 10.8. The van der Waals surface area contributed by atoms with E-state index in [1.54, 1.807) is 0 Å². The maximum Gasteiger partial charge on any atom is 0.231 e. The molecule has 102 valence electrons. The van der Waals surface area contributed by atoms with Crippen LogP contribution in [0.2, 0.25) is 0 Å². The van der Waals surface area contributed by atoms with Gasteiger partial charge < -0.3 is 20.1 Å². The van der Waals surface area contributed by atoms with Gasteiger partial charge in [-0.25, -0.2) is 4.99 Å². The molecule has 0 spiro atoms. The zero-order valence-electron chi connectivity index (χ0n) is 10.7. The first-order valence-electron chi connectivity index (χ1n) is 6.35. The Morgan fingerprint density at radius 3 is 3.00 bits per heavy atom. The minimum Gasteiger partial charge on any atom is -0.454 e. The molecule has 0 radical (unpaired) electrons. The van der Waals surface area contributed by atoms with E-state index in [0.717, 1.165) is 41.7 Å². The third kappa shape index (κ3) is 2.73. The molecule has 2 N–H and O–H groups in total. The number of hydrogen-bond donors (Lipinski definition) is 1. The lowest BCUT2D eigenvalue weighted by molar-refractivity contribution is 0.173. The van der Waals surface area contributed by atoms with Crippen LogP contribution in [0.25, 0.3) is 0 Å². The van der Waals surface area contributed by atoms with Crippen molar-refractivity contribution in [2.45, 2.75) is 6.54 Å². The average molecular weight is 279 g/mol. The second-order valence-electron chi connectivity index (χ2n) is 4.42. The quantitative estimate of drug-likeness (QED) is 0.653. The number of nitrogens with zero attached hydrogens (tertiary/aromatic N) is 2. The number of fused-ring (bicyclic) bond motifs is 1. The Balaban J connectivity index is 1.70. The van der Waals surface area contributed by atoms with Crippen molar-refractivity contribution in [3.8, 4) is 11.5 Å². The van der Waals surface area contributed by atoms with Gasteiger partial charge in [0.15, 0.2) is 17.5 Å². The molecule has 2 heterocycles. The lowest BCUT2D eigenvalue weighted by atomic mass is 10.2. The summed E-state index contributed by atoms with van der Waals surface area (Å²) in [5, 5.41) is 0. The molecule has 0 unspecified atom stereocenters. The van der Waals surface area contributed by atoms with Crippen molar-refractivity contribution in [3.63, 3.8) is 0 Å². The van der Waals surface area contributed by atoms with Gasteiger partial charge in [0.2, 0.25) is 6.79 Å². The van der Waals surface area contributed by atoms with Crippen molar-refractivity contribution in [1.82, 2.24) is 4.90 Å². The van der Waals surface area contributed by atoms with Crippen LogP contribution >= 0.6 is 11.8 Å². The highest BCUT2D eigenvalue weighted by Crippen LogP contribution is 2.35. The van der Waals surface area contributed by atoms with Gasteiger partial charge in [-0.3, -0.25) is 0 Å². The van der Waals surface area contributed by atoms with Crippen molar-refractivity contribution < 1.29 is 9.47 Å². The van der Waals surface area contributed by atoms with Crippen molar-refractivity contribution in [1.29, 1.82) is 0 Å². The molecule has 1 aromatic carbocycles. The van der Waals surface area contributed by atoms with Gasteiger partial charge in [-0.2, -0.15) is 11.8 Å². The smallest absolute Gasteiger partial charge is 0.231 e. The lowest BCUT2D eigenvalue weighted by Crippen LogP contribution is -2.42. The first-order chi connectivity index (χ1) is 9.34. The maximum absolute atomic E-state index is 6.04. The molecule has 0 bridgehead atoms. The van der Waals surface area contributed by atoms with Crippen LogP contribution < -0.4 is 15.2 Å². The minimum absolute atomic E-state index is 0.287. The highest BCUT2D eigenvalue weighted by Gasteiger charge is 2.17. The van der Waals surface area contributed by atoms with Crippen LogP contribution in [-0.4, -0.2) is 42.2 Å². The Morgan fingerprint density at radius 2 is 2.16 bits per heavy atom. The molecule has 0 aliphatic carbocycles. The Bertz CT molecular complexity index is 487. The van der Waals surface area contributed by atoms with E-state index in [0.29, 0.717) is 12.5 Å². The number of thioether (sulfide) groups is 1. The molecule has 1 aromatic rings. The van der Waals surface area contributed by atoms with Crippen molar-refractivity contribution in [3.05, 3.63) is 23.8 Å². The first kappa shape index (κ1) is 12.5. The number of guanidine groups is 1. The van der Waals surface area contributed by atoms with Crippen LogP contribution in [0.15, 0.2) is 23.2 Å². The van der Waals surface area contributed by atoms with Crippen LogP contribution in [0.1, 0.15) is 5.56 Å². The summed E-state index contributed by atoms with van der Waals surface area (Å²) in [5.41, 5.74) is 7.05. The molecule has 5 nitrogen and oxygen atoms in total. The van der Waals surface area contributed by atoms with Crippen molar-refractivity contribution in [2.24, 2.45) is 10.7 Å². The molecule has 2 aliphatic rings. The van der Waals surface area contributed by atoms with E-state index in [4.69, 9.17) is 15.2 Å². The lowest BCUT2D eigenvalue weighted by Gasteiger charge is -2.27. The maximum atomic E-state index is 6.04. The Kier molecular flexibility index (Phi) is 3.68. The molecule has 6 heteroatoms. The van der Waals surface area contributed by atoms with Gasteiger partial charge in [0.25, 0.3) is 0 Å². The van der Waals surface area contributed by atoms with E-state index in [2.05, 4.69) is 9.89 Å². The zero-order valence-corrected chi connectivity index (χ0v) is 11.5. The average Bonchev–Trinajstić information content (AvgIpc) is 2.94. The van der Waals surface area contributed by atoms with Gasteiger partial charge in [-0.15, -0.1) is 0 Å². The topological polar surface area (TPSA) is 60.1 Å². The predicted molar refractivity (Wildman–Crippen MR) is 76.8 cm³/mol. The number of nitrogens with two attached hydrogens (primary N) is 1. The predicted octanol–water partition coefficient (Wildman–Crippen LogP) is 1.28. The van der Waals surface area contributed by atoms with Crippen LogP contribution in [0.3, 0.4) is 0 Å². The number of benzene rings is 1. The third-order valence-corrected chi connectivity index (χ3v) is 4.17. The van der Waals surface area contributed by atoms with Crippen molar-refractivity contribution in [2.75, 3.05) is 31.4 Å². The monoisotopic (exact) mass is 279 g/mol. The molecule has 2 aliphatic heterocycles. The molecular formula is C13H17N3O2S. The first-order valence-corrected chi connectivity index (χ1v) is 7.50. The van der Waals surface area contributed by atoms with Gasteiger partial charge in [0.1, 0.15) is 0 Å². The largest absolute Gasteiger partial charge is 0.454 e. The Labute approximate surface area is 116 Å². The Morgan fingerprint density at radius 1 is 1.32 bits per heavy atom. The third-order valence-electron chi connectivity index (χ3n) is 3.22. The number of hydrogen-bond acceptors (Lipinski definition) is 4. The SMILES string of the molecule is NC(=NCc1cccc2c1OCO2)N1CCSCC1. The number of rotatable bonds is 2. The summed E-state index contributed by atoms with van der Waals surface area (Å²) in [7, 11) is 0. The van der Waals surface area contributed by atoms with E-state index in [9.17, 15) is 0 Å². The van der Waals surface area contributed by atoms with Gasteiger partial charge in [-0.1, -0.05) is 12.1 Å². The highest BCUT2D eigenvalue weighted by molar-refractivity contribution is 7.99. The standard InChI is InChI=1S/C13H17N3O2S/c14-13(16-4-6-19-7-5-16)15-8-10-2-1-3-11-12(10)18-9-17-11/h1-3H,4-9H2,(H2,14,15). The summed E-state index contributed by atoms with van der Waals surface area (Å²) in [6.45, 7) is 2.77. The molecule has 0 aromatic heterocycles. The molecule has 0 amide bonds. The minimum atomic E-state index is 0.287. The summed E-state index contributed by atoms with van der Waals surface area (Å²) in [6, 6.07) is 5.85. The molecule has 1 saturated heterocycles. The Hall–Kier alpha value is -1.56. The number of aliphatic imine (C=N–C) groups is 1. The van der Waals surface area contributed by atoms with Gasteiger partial charge in [0.05, 0.1) is 6.54 Å². The highest BCUT2D eigenvalue weighted by atomic mass is 32.2. The van der Waals surface area contributed by atoms with Crippen LogP contribution in [0, 0.1) is 0 Å². The van der Waals surface area contributed by atoms with E-state index in [-0.39, 0.29) is 6.79 Å². The van der Waals surface area contributed by atoms with Crippen LogP contribution in [-0.2, 0) is 6.54 Å². The van der Waals surface area contributed by atoms with Gasteiger partial charge >= 0.3 is 0 Å². The summed E-state index contributed by atoms with van der Waals surface area (Å²) in [6.07, 6.45) is 0. The molecule has 19 heavy (non-hydrogen) atoms. The van der Waals surface area contributed by atoms with Gasteiger partial charge in [0, 0.05) is 30.2 Å². The summed E-state index contributed by atoms with van der Waals surface area (Å²) in [5.74, 6) is 4.45. The fourth-order valence-electron chi connectivity index (χ4n) is 2.17. The molecule has 0 atom stereocenters. The van der Waals surface area contributed by atoms with Crippen LogP contribution in [0.5, 0.6) is 11.5 Å². The second kappa shape index (κ2) is 5.61. The number of para-hydroxylation sites is 1. The zero-order chi connectivity index (χ0) is 13.1. The summed E-state index contributed by atoms with van der Waals surface area (Å²) in [4.78, 5) is 6.61.